The van der Waals surface area contributed by atoms with E-state index in [1.165, 1.54) is 6.21 Å². The van der Waals surface area contributed by atoms with E-state index in [1.54, 1.807) is 56.3 Å². The molecule has 2 aromatic carbocycles. The Labute approximate surface area is 196 Å². The summed E-state index contributed by atoms with van der Waals surface area (Å²) in [5.74, 6) is 0.281. The average molecular weight is 466 g/mol. The Bertz CT molecular complexity index is 1340. The topological polar surface area (TPSA) is 112 Å². The van der Waals surface area contributed by atoms with Crippen LogP contribution in [0.15, 0.2) is 63.7 Å². The molecule has 0 saturated heterocycles. The summed E-state index contributed by atoms with van der Waals surface area (Å²) in [4.78, 5) is 39.7. The van der Waals surface area contributed by atoms with Gasteiger partial charge in [0, 0.05) is 5.56 Å². The quantitative estimate of drug-likeness (QED) is 0.280. The maximum Gasteiger partial charge on any atom is 0.349 e. The van der Waals surface area contributed by atoms with E-state index in [1.807, 2.05) is 6.92 Å². The number of hydrogen-bond acceptors (Lipinski definition) is 7. The number of ether oxygens (including phenoxy) is 3. The predicted molar refractivity (Wildman–Crippen MR) is 130 cm³/mol. The van der Waals surface area contributed by atoms with Crippen LogP contribution in [0, 0.1) is 0 Å². The normalized spacial score (nSPS) is 11.2. The number of carbonyl (C=O) groups is 1. The van der Waals surface area contributed by atoms with Crippen molar-refractivity contribution in [2.45, 2.75) is 33.3 Å². The summed E-state index contributed by atoms with van der Waals surface area (Å²) >= 11 is 0. The van der Waals surface area contributed by atoms with Crippen LogP contribution in [0.4, 0.5) is 0 Å². The van der Waals surface area contributed by atoms with Crippen molar-refractivity contribution in [3.63, 3.8) is 0 Å². The number of hydrogen-bond donors (Lipinski definition) is 1. The van der Waals surface area contributed by atoms with Crippen molar-refractivity contribution in [3.05, 3.63) is 81.0 Å². The molecule has 1 heterocycles. The molecule has 0 aliphatic rings. The maximum atomic E-state index is 12.7. The van der Waals surface area contributed by atoms with Crippen LogP contribution in [-0.4, -0.2) is 41.2 Å². The number of fused-ring (bicyclic) bond motifs is 1. The molecule has 34 heavy (non-hydrogen) atoms. The van der Waals surface area contributed by atoms with Crippen molar-refractivity contribution >= 4 is 23.1 Å². The van der Waals surface area contributed by atoms with Crippen molar-refractivity contribution in [3.8, 4) is 11.5 Å². The van der Waals surface area contributed by atoms with Gasteiger partial charge in [-0.3, -0.25) is 4.79 Å². The number of benzene rings is 2. The molecule has 1 aromatic heterocycles. The van der Waals surface area contributed by atoms with Crippen molar-refractivity contribution in [1.29, 1.82) is 0 Å². The number of carbonyl (C=O) groups excluding carboxylic acids is 1. The third kappa shape index (κ3) is 5.80. The average Bonchev–Trinajstić information content (AvgIpc) is 2.78. The van der Waals surface area contributed by atoms with Crippen molar-refractivity contribution in [1.82, 2.24) is 9.66 Å². The first-order chi connectivity index (χ1) is 16.3. The molecule has 0 saturated carbocycles. The van der Waals surface area contributed by atoms with Gasteiger partial charge in [0.1, 0.15) is 0 Å². The van der Waals surface area contributed by atoms with E-state index < -0.39 is 17.2 Å². The lowest BCUT2D eigenvalue weighted by molar-refractivity contribution is -0.149. The smallest absolute Gasteiger partial charge is 0.349 e. The van der Waals surface area contributed by atoms with Crippen LogP contribution in [-0.2, 0) is 16.0 Å². The van der Waals surface area contributed by atoms with Gasteiger partial charge in [0.05, 0.1) is 29.8 Å². The Morgan fingerprint density at radius 3 is 2.68 bits per heavy atom. The minimum Gasteiger partial charge on any atom is -0.490 e. The Hall–Kier alpha value is -4.14. The van der Waals surface area contributed by atoms with Crippen molar-refractivity contribution < 1.29 is 19.0 Å². The number of esters is 1. The molecule has 9 heteroatoms. The lowest BCUT2D eigenvalue weighted by atomic mass is 10.1. The molecular formula is C25H27N3O6. The summed E-state index contributed by atoms with van der Waals surface area (Å²) < 4.78 is 17.4. The van der Waals surface area contributed by atoms with E-state index in [0.717, 1.165) is 4.68 Å². The molecule has 0 fully saturated rings. The second kappa shape index (κ2) is 11.1. The van der Waals surface area contributed by atoms with Gasteiger partial charge in [0.2, 0.25) is 0 Å². The van der Waals surface area contributed by atoms with Gasteiger partial charge in [0.25, 0.3) is 5.56 Å². The Balaban J connectivity index is 1.99. The predicted octanol–water partition coefficient (Wildman–Crippen LogP) is 3.03. The Morgan fingerprint density at radius 1 is 1.21 bits per heavy atom. The van der Waals surface area contributed by atoms with Crippen LogP contribution in [0.5, 0.6) is 11.5 Å². The molecule has 0 aliphatic heterocycles. The molecule has 1 N–H and O–H groups in total. The molecule has 0 atom stereocenters. The van der Waals surface area contributed by atoms with E-state index in [4.69, 9.17) is 14.2 Å². The molecular weight excluding hydrogens is 438 g/mol. The lowest BCUT2D eigenvalue weighted by Crippen LogP contribution is -2.32. The van der Waals surface area contributed by atoms with Gasteiger partial charge in [0.15, 0.2) is 18.1 Å². The third-order valence-electron chi connectivity index (χ3n) is 4.63. The summed E-state index contributed by atoms with van der Waals surface area (Å²) in [6.45, 7) is 9.17. The van der Waals surface area contributed by atoms with Gasteiger partial charge in [-0.15, -0.1) is 11.3 Å². The first-order valence-corrected chi connectivity index (χ1v) is 10.8. The molecule has 3 aromatic rings. The van der Waals surface area contributed by atoms with E-state index >= 15 is 0 Å². The highest BCUT2D eigenvalue weighted by molar-refractivity contribution is 5.82. The standard InChI is InChI=1S/C25H27N3O6/c1-5-9-18-12-17(13-21(32-6-2)23(18)33-15-22(29)34-16(3)4)14-26-28-24(30)19-10-7-8-11-20(19)27-25(28)31/h5,7-8,10-14,16H,1,6,9,15H2,2-4H3,(H,27,31). The molecule has 0 amide bonds. The highest BCUT2D eigenvalue weighted by Crippen LogP contribution is 2.33. The SMILES string of the molecule is C=CCc1cc(C=Nn2c(=O)[nH]c3ccccc3c2=O)cc(OCC)c1OCC(=O)OC(C)C. The van der Waals surface area contributed by atoms with Gasteiger partial charge < -0.3 is 19.2 Å². The Morgan fingerprint density at radius 2 is 1.97 bits per heavy atom. The third-order valence-corrected chi connectivity index (χ3v) is 4.63. The van der Waals surface area contributed by atoms with Gasteiger partial charge in [-0.1, -0.05) is 18.2 Å². The van der Waals surface area contributed by atoms with E-state index in [2.05, 4.69) is 16.7 Å². The summed E-state index contributed by atoms with van der Waals surface area (Å²) in [5, 5.41) is 4.45. The minimum absolute atomic E-state index is 0.254. The zero-order valence-corrected chi connectivity index (χ0v) is 19.4. The second-order valence-corrected chi connectivity index (χ2v) is 7.60. The molecule has 0 aliphatic carbocycles. The number of rotatable bonds is 10. The van der Waals surface area contributed by atoms with Gasteiger partial charge in [-0.2, -0.15) is 5.10 Å². The fourth-order valence-corrected chi connectivity index (χ4v) is 3.30. The molecule has 3 rings (SSSR count). The maximum absolute atomic E-state index is 12.7. The zero-order chi connectivity index (χ0) is 24.7. The van der Waals surface area contributed by atoms with Crippen LogP contribution in [0.2, 0.25) is 0 Å². The second-order valence-electron chi connectivity index (χ2n) is 7.60. The molecule has 0 radical (unpaired) electrons. The number of aromatic amines is 1. The van der Waals surface area contributed by atoms with Crippen LogP contribution >= 0.6 is 0 Å². The van der Waals surface area contributed by atoms with Crippen molar-refractivity contribution in [2.24, 2.45) is 5.10 Å². The number of nitrogens with zero attached hydrogens (tertiary/aromatic N) is 2. The van der Waals surface area contributed by atoms with Gasteiger partial charge in [-0.25, -0.2) is 9.59 Å². The summed E-state index contributed by atoms with van der Waals surface area (Å²) in [6, 6.07) is 10.1. The zero-order valence-electron chi connectivity index (χ0n) is 19.4. The number of allylic oxidation sites excluding steroid dienone is 1. The molecule has 9 nitrogen and oxygen atoms in total. The number of H-pyrrole nitrogens is 1. The molecule has 178 valence electrons. The summed E-state index contributed by atoms with van der Waals surface area (Å²) in [5.41, 5.74) is 0.514. The van der Waals surface area contributed by atoms with Crippen LogP contribution < -0.4 is 20.7 Å². The molecule has 0 bridgehead atoms. The van der Waals surface area contributed by atoms with Crippen LogP contribution in [0.25, 0.3) is 10.9 Å². The minimum atomic E-state index is -0.653. The number of para-hydroxylation sites is 1. The van der Waals surface area contributed by atoms with Crippen molar-refractivity contribution in [2.75, 3.05) is 13.2 Å². The van der Waals surface area contributed by atoms with Crippen LogP contribution in [0.1, 0.15) is 31.9 Å². The Kier molecular flexibility index (Phi) is 8.02. The first kappa shape index (κ1) is 24.5. The number of aromatic nitrogens is 2. The van der Waals surface area contributed by atoms with Gasteiger partial charge in [-0.05, 0) is 57.0 Å². The fourth-order valence-electron chi connectivity index (χ4n) is 3.30. The number of nitrogens with one attached hydrogen (secondary N) is 1. The fraction of sp³-hybridized carbons (Fsp3) is 0.280. The van der Waals surface area contributed by atoms with E-state index in [-0.39, 0.29) is 12.7 Å². The monoisotopic (exact) mass is 465 g/mol. The summed E-state index contributed by atoms with van der Waals surface area (Å²) in [7, 11) is 0. The molecule has 0 spiro atoms. The van der Waals surface area contributed by atoms with Crippen LogP contribution in [0.3, 0.4) is 0 Å². The van der Waals surface area contributed by atoms with E-state index in [0.29, 0.717) is 46.6 Å². The van der Waals surface area contributed by atoms with Gasteiger partial charge >= 0.3 is 11.7 Å². The molecule has 0 unspecified atom stereocenters. The largest absolute Gasteiger partial charge is 0.490 e. The summed E-state index contributed by atoms with van der Waals surface area (Å²) in [6.07, 6.45) is 3.24. The van der Waals surface area contributed by atoms with E-state index in [9.17, 15) is 14.4 Å². The first-order valence-electron chi connectivity index (χ1n) is 10.8. The highest BCUT2D eigenvalue weighted by atomic mass is 16.6. The highest BCUT2D eigenvalue weighted by Gasteiger charge is 2.16. The lowest BCUT2D eigenvalue weighted by Gasteiger charge is -2.17.